The van der Waals surface area contributed by atoms with Gasteiger partial charge in [0.1, 0.15) is 5.75 Å². The molecule has 2 fully saturated rings. The Kier molecular flexibility index (Phi) is 6.72. The number of hydrogen-bond acceptors (Lipinski definition) is 4. The Bertz CT molecular complexity index is 647. The van der Waals surface area contributed by atoms with E-state index in [4.69, 9.17) is 4.74 Å². The van der Waals surface area contributed by atoms with Gasteiger partial charge in [0.15, 0.2) is 0 Å². The van der Waals surface area contributed by atoms with Crippen LogP contribution in [-0.4, -0.2) is 60.4 Å². The summed E-state index contributed by atoms with van der Waals surface area (Å²) in [6.07, 6.45) is 4.05. The molecule has 1 aromatic rings. The van der Waals surface area contributed by atoms with Crippen LogP contribution < -0.4 is 10.1 Å². The number of rotatable bonds is 6. The van der Waals surface area contributed by atoms with E-state index in [1.54, 1.807) is 6.92 Å². The number of carbonyl (C=O) groups excluding carboxylic acids is 2. The van der Waals surface area contributed by atoms with Crippen molar-refractivity contribution in [2.75, 3.05) is 32.8 Å². The van der Waals surface area contributed by atoms with Gasteiger partial charge in [-0.2, -0.15) is 0 Å². The zero-order chi connectivity index (χ0) is 19.2. The second-order valence-electron chi connectivity index (χ2n) is 7.52. The van der Waals surface area contributed by atoms with E-state index in [2.05, 4.69) is 22.3 Å². The number of benzene rings is 1. The average molecular weight is 373 g/mol. The van der Waals surface area contributed by atoms with Gasteiger partial charge in [0.25, 0.3) is 0 Å². The van der Waals surface area contributed by atoms with Gasteiger partial charge in [-0.1, -0.05) is 12.1 Å². The first-order chi connectivity index (χ1) is 13.1. The summed E-state index contributed by atoms with van der Waals surface area (Å²) in [6, 6.07) is 8.45. The fourth-order valence-electron chi connectivity index (χ4n) is 4.25. The third kappa shape index (κ3) is 5.22. The first kappa shape index (κ1) is 19.7. The molecule has 0 bridgehead atoms. The lowest BCUT2D eigenvalue weighted by atomic mass is 10.0. The van der Waals surface area contributed by atoms with E-state index in [0.29, 0.717) is 13.2 Å². The maximum atomic E-state index is 13.0. The molecular formula is C21H31N3O3. The smallest absolute Gasteiger partial charge is 0.237 e. The molecular weight excluding hydrogens is 342 g/mol. The van der Waals surface area contributed by atoms with Crippen LogP contribution in [0, 0.1) is 0 Å². The first-order valence-corrected chi connectivity index (χ1v) is 10.1. The van der Waals surface area contributed by atoms with E-state index in [1.165, 1.54) is 5.56 Å². The Labute approximate surface area is 161 Å². The summed E-state index contributed by atoms with van der Waals surface area (Å²) in [7, 11) is 0. The molecule has 6 heteroatoms. The van der Waals surface area contributed by atoms with Crippen LogP contribution >= 0.6 is 0 Å². The molecule has 27 heavy (non-hydrogen) atoms. The van der Waals surface area contributed by atoms with Crippen molar-refractivity contribution >= 4 is 11.8 Å². The Morgan fingerprint density at radius 2 is 1.89 bits per heavy atom. The molecule has 2 heterocycles. The molecule has 0 aromatic heterocycles. The highest BCUT2D eigenvalue weighted by Gasteiger charge is 2.31. The zero-order valence-corrected chi connectivity index (χ0v) is 16.4. The molecule has 2 aliphatic heterocycles. The van der Waals surface area contributed by atoms with Gasteiger partial charge in [0.2, 0.25) is 11.8 Å². The molecule has 2 amide bonds. The number of ether oxygens (including phenoxy) is 1. The quantitative estimate of drug-likeness (QED) is 0.831. The molecule has 2 unspecified atom stereocenters. The summed E-state index contributed by atoms with van der Waals surface area (Å²) in [4.78, 5) is 28.5. The molecule has 0 aliphatic carbocycles. The van der Waals surface area contributed by atoms with Crippen molar-refractivity contribution in [3.8, 4) is 5.75 Å². The predicted octanol–water partition coefficient (Wildman–Crippen LogP) is 2.35. The summed E-state index contributed by atoms with van der Waals surface area (Å²) in [5.41, 5.74) is 1.18. The maximum absolute atomic E-state index is 13.0. The van der Waals surface area contributed by atoms with E-state index in [-0.39, 0.29) is 23.9 Å². The zero-order valence-electron chi connectivity index (χ0n) is 16.4. The molecule has 0 saturated carbocycles. The minimum atomic E-state index is 0.00304. The number of nitrogens with one attached hydrogen (secondary N) is 1. The highest BCUT2D eigenvalue weighted by atomic mass is 16.5. The minimum Gasteiger partial charge on any atom is -0.494 e. The number of carbonyl (C=O) groups is 2. The van der Waals surface area contributed by atoms with Crippen LogP contribution in [0.5, 0.6) is 5.75 Å². The molecule has 1 N–H and O–H groups in total. The van der Waals surface area contributed by atoms with E-state index in [0.717, 1.165) is 51.1 Å². The molecule has 6 nitrogen and oxygen atoms in total. The van der Waals surface area contributed by atoms with Crippen LogP contribution in [0.3, 0.4) is 0 Å². The van der Waals surface area contributed by atoms with Crippen molar-refractivity contribution < 1.29 is 14.3 Å². The number of piperidine rings is 1. The Morgan fingerprint density at radius 1 is 1.15 bits per heavy atom. The number of likely N-dealkylation sites (tertiary alicyclic amines) is 2. The number of hydrogen-bond donors (Lipinski definition) is 1. The SMILES string of the molecule is CCOc1ccc(C2CCCN2C(=O)CN2CCCC(NC(C)=O)C2)cc1. The Balaban J connectivity index is 1.59. The van der Waals surface area contributed by atoms with Crippen LogP contribution in [0.4, 0.5) is 0 Å². The van der Waals surface area contributed by atoms with Gasteiger partial charge in [0.05, 0.1) is 19.2 Å². The van der Waals surface area contributed by atoms with Crippen LogP contribution in [-0.2, 0) is 9.59 Å². The predicted molar refractivity (Wildman–Crippen MR) is 105 cm³/mol. The van der Waals surface area contributed by atoms with Crippen LogP contribution in [0.1, 0.15) is 51.1 Å². The second kappa shape index (κ2) is 9.22. The fraction of sp³-hybridized carbons (Fsp3) is 0.619. The molecule has 0 spiro atoms. The monoisotopic (exact) mass is 373 g/mol. The molecule has 3 rings (SSSR count). The van der Waals surface area contributed by atoms with E-state index < -0.39 is 0 Å². The maximum Gasteiger partial charge on any atom is 0.237 e. The van der Waals surface area contributed by atoms with Crippen LogP contribution in [0.15, 0.2) is 24.3 Å². The van der Waals surface area contributed by atoms with Crippen LogP contribution in [0.2, 0.25) is 0 Å². The highest BCUT2D eigenvalue weighted by Crippen LogP contribution is 2.33. The summed E-state index contributed by atoms with van der Waals surface area (Å²) >= 11 is 0. The van der Waals surface area contributed by atoms with Gasteiger partial charge in [0, 0.05) is 26.1 Å². The highest BCUT2D eigenvalue weighted by molar-refractivity contribution is 5.79. The summed E-state index contributed by atoms with van der Waals surface area (Å²) in [6.45, 7) is 7.11. The Hall–Kier alpha value is -2.08. The fourth-order valence-corrected chi connectivity index (χ4v) is 4.25. The van der Waals surface area contributed by atoms with Gasteiger partial charge in [-0.25, -0.2) is 0 Å². The molecule has 2 aliphatic rings. The Morgan fingerprint density at radius 3 is 2.59 bits per heavy atom. The van der Waals surface area contributed by atoms with Crippen molar-refractivity contribution in [3.05, 3.63) is 29.8 Å². The largest absolute Gasteiger partial charge is 0.494 e. The number of amides is 2. The molecule has 0 radical (unpaired) electrons. The summed E-state index contributed by atoms with van der Waals surface area (Å²) < 4.78 is 5.52. The standard InChI is InChI=1S/C21H31N3O3/c1-3-27-19-10-8-17(9-11-19)20-7-5-13-24(20)21(26)15-23-12-4-6-18(14-23)22-16(2)25/h8-11,18,20H,3-7,12-15H2,1-2H3,(H,22,25). The molecule has 148 valence electrons. The molecule has 2 saturated heterocycles. The third-order valence-corrected chi connectivity index (χ3v) is 5.42. The van der Waals surface area contributed by atoms with Gasteiger partial charge in [-0.3, -0.25) is 14.5 Å². The van der Waals surface area contributed by atoms with Crippen molar-refractivity contribution in [1.82, 2.24) is 15.1 Å². The van der Waals surface area contributed by atoms with Crippen molar-refractivity contribution in [2.45, 2.75) is 51.6 Å². The summed E-state index contributed by atoms with van der Waals surface area (Å²) in [5.74, 6) is 1.06. The molecule has 1 aromatic carbocycles. The van der Waals surface area contributed by atoms with Gasteiger partial charge >= 0.3 is 0 Å². The second-order valence-corrected chi connectivity index (χ2v) is 7.52. The van der Waals surface area contributed by atoms with Crippen LogP contribution in [0.25, 0.3) is 0 Å². The van der Waals surface area contributed by atoms with Gasteiger partial charge in [-0.05, 0) is 56.8 Å². The summed E-state index contributed by atoms with van der Waals surface area (Å²) in [5, 5.41) is 2.99. The van der Waals surface area contributed by atoms with Gasteiger partial charge < -0.3 is 15.0 Å². The minimum absolute atomic E-state index is 0.00304. The third-order valence-electron chi connectivity index (χ3n) is 5.42. The normalized spacial score (nSPS) is 23.3. The van der Waals surface area contributed by atoms with E-state index in [1.807, 2.05) is 24.0 Å². The van der Waals surface area contributed by atoms with E-state index in [9.17, 15) is 9.59 Å². The number of nitrogens with zero attached hydrogens (tertiary/aromatic N) is 2. The lowest BCUT2D eigenvalue weighted by molar-refractivity contribution is -0.133. The average Bonchev–Trinajstić information content (AvgIpc) is 3.12. The lowest BCUT2D eigenvalue weighted by Gasteiger charge is -2.34. The van der Waals surface area contributed by atoms with E-state index >= 15 is 0 Å². The van der Waals surface area contributed by atoms with Crippen molar-refractivity contribution in [3.63, 3.8) is 0 Å². The van der Waals surface area contributed by atoms with Crippen molar-refractivity contribution in [2.24, 2.45) is 0 Å². The molecule has 2 atom stereocenters. The lowest BCUT2D eigenvalue weighted by Crippen LogP contribution is -2.50. The van der Waals surface area contributed by atoms with Gasteiger partial charge in [-0.15, -0.1) is 0 Å². The topological polar surface area (TPSA) is 61.9 Å². The van der Waals surface area contributed by atoms with Crippen molar-refractivity contribution in [1.29, 1.82) is 0 Å². The first-order valence-electron chi connectivity index (χ1n) is 10.1.